The number of fused-ring (bicyclic) bond motifs is 1. The maximum Gasteiger partial charge on any atom is 0.266 e. The first-order valence-electron chi connectivity index (χ1n) is 9.69. The molecule has 1 aliphatic rings. The number of carbonyl (C=O) groups is 1. The molecule has 1 atom stereocenters. The van der Waals surface area contributed by atoms with E-state index < -0.39 is 0 Å². The Labute approximate surface area is 174 Å². The van der Waals surface area contributed by atoms with Crippen molar-refractivity contribution in [2.24, 2.45) is 0 Å². The van der Waals surface area contributed by atoms with Gasteiger partial charge in [-0.1, -0.05) is 35.6 Å². The Balaban J connectivity index is 1.62. The van der Waals surface area contributed by atoms with Crippen molar-refractivity contribution in [1.82, 2.24) is 4.98 Å². The van der Waals surface area contributed by atoms with Crippen molar-refractivity contribution in [2.75, 3.05) is 31.8 Å². The minimum absolute atomic E-state index is 0.0191. The van der Waals surface area contributed by atoms with Crippen molar-refractivity contribution in [3.63, 3.8) is 0 Å². The quantitative estimate of drug-likeness (QED) is 0.582. The Bertz CT molecular complexity index is 983. The molecule has 7 heteroatoms. The summed E-state index contributed by atoms with van der Waals surface area (Å²) in [6, 6.07) is 13.3. The number of anilines is 1. The highest BCUT2D eigenvalue weighted by atomic mass is 32.1. The largest absolute Gasteiger partial charge is 0.494 e. The monoisotopic (exact) mass is 412 g/mol. The van der Waals surface area contributed by atoms with Gasteiger partial charge < -0.3 is 14.2 Å². The topological polar surface area (TPSA) is 60.9 Å². The number of amides is 1. The molecule has 1 fully saturated rings. The van der Waals surface area contributed by atoms with Gasteiger partial charge in [-0.3, -0.25) is 9.69 Å². The van der Waals surface area contributed by atoms with Crippen molar-refractivity contribution in [1.29, 1.82) is 0 Å². The zero-order valence-corrected chi connectivity index (χ0v) is 17.4. The lowest BCUT2D eigenvalue weighted by molar-refractivity contribution is -0.120. The van der Waals surface area contributed by atoms with Crippen molar-refractivity contribution in [3.05, 3.63) is 48.0 Å². The zero-order valence-electron chi connectivity index (χ0n) is 16.6. The molecule has 1 amide bonds. The molecule has 1 aliphatic heterocycles. The van der Waals surface area contributed by atoms with Crippen LogP contribution in [-0.2, 0) is 9.53 Å². The molecule has 2 aromatic carbocycles. The van der Waals surface area contributed by atoms with Gasteiger partial charge in [-0.05, 0) is 43.5 Å². The summed E-state index contributed by atoms with van der Waals surface area (Å²) in [6.45, 7) is 3.19. The van der Waals surface area contributed by atoms with Crippen LogP contribution in [0.5, 0.6) is 11.5 Å². The molecule has 3 aromatic rings. The second-order valence-corrected chi connectivity index (χ2v) is 7.98. The van der Waals surface area contributed by atoms with E-state index in [1.807, 2.05) is 49.4 Å². The molecule has 0 saturated carbocycles. The number of para-hydroxylation sites is 1. The summed E-state index contributed by atoms with van der Waals surface area (Å²) in [6.07, 6.45) is 1.97. The van der Waals surface area contributed by atoms with Crippen molar-refractivity contribution in [2.45, 2.75) is 25.9 Å². The summed E-state index contributed by atoms with van der Waals surface area (Å²) in [5, 5.41) is 0.643. The number of rotatable bonds is 7. The van der Waals surface area contributed by atoms with Crippen molar-refractivity contribution in [3.8, 4) is 11.5 Å². The second kappa shape index (κ2) is 8.80. The minimum atomic E-state index is -0.139. The molecular formula is C22H24N2O4S. The van der Waals surface area contributed by atoms with Crippen LogP contribution in [0, 0.1) is 6.92 Å². The molecular weight excluding hydrogens is 388 g/mol. The van der Waals surface area contributed by atoms with Crippen LogP contribution >= 0.6 is 11.3 Å². The van der Waals surface area contributed by atoms with Gasteiger partial charge >= 0.3 is 0 Å². The van der Waals surface area contributed by atoms with E-state index in [1.54, 1.807) is 12.0 Å². The van der Waals surface area contributed by atoms with Crippen LogP contribution in [0.25, 0.3) is 10.2 Å². The number of aromatic nitrogens is 1. The van der Waals surface area contributed by atoms with Gasteiger partial charge in [0.2, 0.25) is 0 Å². The van der Waals surface area contributed by atoms with Gasteiger partial charge in [-0.2, -0.15) is 0 Å². The number of methoxy groups -OCH3 is 1. The Morgan fingerprint density at radius 1 is 1.28 bits per heavy atom. The predicted molar refractivity (Wildman–Crippen MR) is 114 cm³/mol. The molecule has 1 saturated heterocycles. The number of aryl methyl sites for hydroxylation is 1. The molecule has 6 nitrogen and oxygen atoms in total. The first-order valence-corrected chi connectivity index (χ1v) is 10.5. The molecule has 1 unspecified atom stereocenters. The van der Waals surface area contributed by atoms with Gasteiger partial charge in [-0.25, -0.2) is 4.98 Å². The van der Waals surface area contributed by atoms with Gasteiger partial charge in [0.1, 0.15) is 17.0 Å². The Morgan fingerprint density at radius 2 is 2.10 bits per heavy atom. The van der Waals surface area contributed by atoms with E-state index in [1.165, 1.54) is 11.3 Å². The number of benzene rings is 2. The van der Waals surface area contributed by atoms with E-state index in [0.717, 1.165) is 35.2 Å². The smallest absolute Gasteiger partial charge is 0.266 e. The first-order chi connectivity index (χ1) is 14.2. The van der Waals surface area contributed by atoms with E-state index in [4.69, 9.17) is 19.2 Å². The summed E-state index contributed by atoms with van der Waals surface area (Å²) in [5.41, 5.74) is 1.89. The van der Waals surface area contributed by atoms with Gasteiger partial charge in [0.15, 0.2) is 11.7 Å². The normalized spacial score (nSPS) is 16.1. The third-order valence-corrected chi connectivity index (χ3v) is 6.17. The Kier molecular flexibility index (Phi) is 5.97. The van der Waals surface area contributed by atoms with E-state index in [9.17, 15) is 4.79 Å². The van der Waals surface area contributed by atoms with Crippen LogP contribution in [0.15, 0.2) is 42.5 Å². The van der Waals surface area contributed by atoms with Gasteiger partial charge in [0.25, 0.3) is 5.91 Å². The summed E-state index contributed by atoms with van der Waals surface area (Å²) in [5.74, 6) is 1.23. The molecule has 0 bridgehead atoms. The number of hydrogen-bond donors (Lipinski definition) is 0. The Morgan fingerprint density at radius 3 is 2.83 bits per heavy atom. The van der Waals surface area contributed by atoms with Crippen LogP contribution in [-0.4, -0.2) is 43.9 Å². The SMILES string of the molecule is COc1ccc(C)c2sc(N(CC3CCCO3)C(=O)COc3ccccc3)nc12. The van der Waals surface area contributed by atoms with Gasteiger partial charge in [0.05, 0.1) is 24.5 Å². The van der Waals surface area contributed by atoms with E-state index in [0.29, 0.717) is 23.2 Å². The lowest BCUT2D eigenvalue weighted by Gasteiger charge is -2.23. The fourth-order valence-electron chi connectivity index (χ4n) is 3.40. The molecule has 1 aromatic heterocycles. The molecule has 152 valence electrons. The molecule has 0 N–H and O–H groups in total. The molecule has 4 rings (SSSR count). The highest BCUT2D eigenvalue weighted by molar-refractivity contribution is 7.22. The third kappa shape index (κ3) is 4.36. The lowest BCUT2D eigenvalue weighted by Crippen LogP contribution is -2.40. The van der Waals surface area contributed by atoms with Crippen LogP contribution < -0.4 is 14.4 Å². The van der Waals surface area contributed by atoms with Crippen molar-refractivity contribution >= 4 is 32.6 Å². The summed E-state index contributed by atoms with van der Waals surface area (Å²) in [7, 11) is 1.63. The summed E-state index contributed by atoms with van der Waals surface area (Å²) in [4.78, 5) is 19.5. The fourth-order valence-corrected chi connectivity index (χ4v) is 4.47. The molecule has 0 radical (unpaired) electrons. The highest BCUT2D eigenvalue weighted by Gasteiger charge is 2.27. The second-order valence-electron chi connectivity index (χ2n) is 7.00. The lowest BCUT2D eigenvalue weighted by atomic mass is 10.2. The maximum absolute atomic E-state index is 13.1. The third-order valence-electron chi connectivity index (χ3n) is 4.96. The predicted octanol–water partition coefficient (Wildman–Crippen LogP) is 4.20. The highest BCUT2D eigenvalue weighted by Crippen LogP contribution is 2.36. The average molecular weight is 413 g/mol. The van der Waals surface area contributed by atoms with E-state index >= 15 is 0 Å². The molecule has 29 heavy (non-hydrogen) atoms. The minimum Gasteiger partial charge on any atom is -0.494 e. The fraction of sp³-hybridized carbons (Fsp3) is 0.364. The zero-order chi connectivity index (χ0) is 20.2. The van der Waals surface area contributed by atoms with Crippen LogP contribution in [0.2, 0.25) is 0 Å². The number of carbonyl (C=O) groups excluding carboxylic acids is 1. The van der Waals surface area contributed by atoms with E-state index in [-0.39, 0.29) is 18.6 Å². The van der Waals surface area contributed by atoms with Crippen molar-refractivity contribution < 1.29 is 19.0 Å². The van der Waals surface area contributed by atoms with Crippen LogP contribution in [0.1, 0.15) is 18.4 Å². The summed E-state index contributed by atoms with van der Waals surface area (Å²) < 4.78 is 18.0. The molecule has 0 aliphatic carbocycles. The Hall–Kier alpha value is -2.64. The number of hydrogen-bond acceptors (Lipinski definition) is 6. The average Bonchev–Trinajstić information content (AvgIpc) is 3.42. The van der Waals surface area contributed by atoms with Crippen LogP contribution in [0.4, 0.5) is 5.13 Å². The number of nitrogens with zero attached hydrogens (tertiary/aromatic N) is 2. The maximum atomic E-state index is 13.1. The van der Waals surface area contributed by atoms with Gasteiger partial charge in [-0.15, -0.1) is 0 Å². The number of thiazole rings is 1. The standard InChI is InChI=1S/C22H24N2O4S/c1-15-10-11-18(26-2)20-21(15)29-22(23-20)24(13-17-9-6-12-27-17)19(25)14-28-16-7-4-3-5-8-16/h3-5,7-8,10-11,17H,6,9,12-14H2,1-2H3. The van der Waals surface area contributed by atoms with E-state index in [2.05, 4.69) is 0 Å². The molecule has 0 spiro atoms. The van der Waals surface area contributed by atoms with Crippen LogP contribution in [0.3, 0.4) is 0 Å². The molecule has 2 heterocycles. The number of ether oxygens (including phenoxy) is 3. The first kappa shape index (κ1) is 19.7. The summed E-state index contributed by atoms with van der Waals surface area (Å²) >= 11 is 1.50. The van der Waals surface area contributed by atoms with Gasteiger partial charge in [0, 0.05) is 6.61 Å².